The number of rotatable bonds is 3. The van der Waals surface area contributed by atoms with E-state index in [9.17, 15) is 4.79 Å². The van der Waals surface area contributed by atoms with Gasteiger partial charge in [0.15, 0.2) is 0 Å². The molecule has 1 fully saturated rings. The molecule has 0 saturated carbocycles. The monoisotopic (exact) mass is 458 g/mol. The maximum Gasteiger partial charge on any atom is 0.235 e. The molecule has 0 aliphatic carbocycles. The molecule has 0 bridgehead atoms. The zero-order valence-corrected chi connectivity index (χ0v) is 19.4. The number of anilines is 1. The van der Waals surface area contributed by atoms with Crippen LogP contribution in [-0.4, -0.2) is 28.5 Å². The van der Waals surface area contributed by atoms with Gasteiger partial charge in [0.25, 0.3) is 0 Å². The summed E-state index contributed by atoms with van der Waals surface area (Å²) < 4.78 is 2.31. The van der Waals surface area contributed by atoms with Gasteiger partial charge in [0.2, 0.25) is 5.91 Å². The molecule has 35 heavy (non-hydrogen) atoms. The first kappa shape index (κ1) is 20.4. The van der Waals surface area contributed by atoms with E-state index in [4.69, 9.17) is 0 Å². The second kappa shape index (κ2) is 7.79. The third kappa shape index (κ3) is 3.27. The van der Waals surface area contributed by atoms with Crippen LogP contribution in [0, 0.1) is 0 Å². The van der Waals surface area contributed by atoms with Crippen LogP contribution < -0.4 is 10.6 Å². The zero-order chi connectivity index (χ0) is 23.4. The molecule has 1 spiro atoms. The summed E-state index contributed by atoms with van der Waals surface area (Å²) in [5.74, 6) is 0.154. The lowest BCUT2D eigenvalue weighted by Gasteiger charge is -2.32. The predicted octanol–water partition coefficient (Wildman–Crippen LogP) is 5.48. The summed E-state index contributed by atoms with van der Waals surface area (Å²) in [7, 11) is 0. The minimum absolute atomic E-state index is 0.154. The third-order valence-electron chi connectivity index (χ3n) is 7.80. The number of hydrogen-bond donors (Lipinski definition) is 2. The van der Waals surface area contributed by atoms with Crippen molar-refractivity contribution in [3.63, 3.8) is 0 Å². The highest BCUT2D eigenvalue weighted by Crippen LogP contribution is 2.45. The van der Waals surface area contributed by atoms with Crippen LogP contribution in [0.4, 0.5) is 5.69 Å². The molecule has 7 rings (SSSR count). The molecule has 3 aromatic carbocycles. The first-order valence-corrected chi connectivity index (χ1v) is 12.3. The second-order valence-electron chi connectivity index (χ2n) is 9.79. The Kier molecular flexibility index (Phi) is 4.54. The molecule has 5 aromatic rings. The summed E-state index contributed by atoms with van der Waals surface area (Å²) in [4.78, 5) is 17.4. The van der Waals surface area contributed by atoms with Gasteiger partial charge in [-0.3, -0.25) is 9.78 Å². The van der Waals surface area contributed by atoms with E-state index in [1.165, 1.54) is 22.0 Å². The molecule has 4 heterocycles. The number of nitrogens with zero attached hydrogens (tertiary/aromatic N) is 2. The molecule has 2 aliphatic rings. The topological polar surface area (TPSA) is 59.0 Å². The fourth-order valence-corrected chi connectivity index (χ4v) is 5.86. The largest absolute Gasteiger partial charge is 0.343 e. The van der Waals surface area contributed by atoms with Crippen LogP contribution in [0.2, 0.25) is 0 Å². The molecule has 1 saturated heterocycles. The Morgan fingerprint density at radius 2 is 1.74 bits per heavy atom. The van der Waals surface area contributed by atoms with Gasteiger partial charge in [0.1, 0.15) is 0 Å². The van der Waals surface area contributed by atoms with Crippen LogP contribution in [0.15, 0.2) is 85.2 Å². The van der Waals surface area contributed by atoms with Gasteiger partial charge in [0, 0.05) is 35.5 Å². The highest BCUT2D eigenvalue weighted by atomic mass is 16.2. The van der Waals surface area contributed by atoms with Crippen molar-refractivity contribution in [2.75, 3.05) is 18.4 Å². The fourth-order valence-electron chi connectivity index (χ4n) is 5.86. The van der Waals surface area contributed by atoms with E-state index in [1.54, 1.807) is 0 Å². The third-order valence-corrected chi connectivity index (χ3v) is 7.80. The molecule has 2 aromatic heterocycles. The van der Waals surface area contributed by atoms with Crippen LogP contribution in [0.1, 0.15) is 24.0 Å². The molecule has 5 nitrogen and oxygen atoms in total. The van der Waals surface area contributed by atoms with Crippen molar-refractivity contribution in [1.29, 1.82) is 0 Å². The normalized spacial score (nSPS) is 16.6. The van der Waals surface area contributed by atoms with Gasteiger partial charge >= 0.3 is 0 Å². The number of nitrogens with one attached hydrogen (secondary N) is 2. The summed E-state index contributed by atoms with van der Waals surface area (Å²) in [5.41, 5.74) is 7.54. The average Bonchev–Trinajstić information content (AvgIpc) is 3.42. The Labute approximate surface area is 203 Å². The van der Waals surface area contributed by atoms with E-state index < -0.39 is 5.41 Å². The lowest BCUT2D eigenvalue weighted by molar-refractivity contribution is -0.121. The molecular weight excluding hydrogens is 432 g/mol. The second-order valence-corrected chi connectivity index (χ2v) is 9.79. The zero-order valence-electron chi connectivity index (χ0n) is 19.4. The van der Waals surface area contributed by atoms with Crippen molar-refractivity contribution in [3.05, 3.63) is 96.3 Å². The molecular formula is C30H26N4O. The number of carbonyl (C=O) groups is 1. The molecule has 5 heteroatoms. The summed E-state index contributed by atoms with van der Waals surface area (Å²) >= 11 is 0. The summed E-state index contributed by atoms with van der Waals surface area (Å²) in [6.45, 7) is 2.55. The average molecular weight is 459 g/mol. The van der Waals surface area contributed by atoms with Gasteiger partial charge in [-0.2, -0.15) is 0 Å². The summed E-state index contributed by atoms with van der Waals surface area (Å²) in [6, 6.07) is 25.9. The Hall–Kier alpha value is -3.96. The first-order valence-electron chi connectivity index (χ1n) is 12.3. The molecule has 1 amide bonds. The Balaban J connectivity index is 1.26. The summed E-state index contributed by atoms with van der Waals surface area (Å²) in [5, 5.41) is 8.92. The lowest BCUT2D eigenvalue weighted by Crippen LogP contribution is -2.44. The van der Waals surface area contributed by atoms with Crippen molar-refractivity contribution in [1.82, 2.24) is 14.9 Å². The van der Waals surface area contributed by atoms with E-state index in [0.29, 0.717) is 0 Å². The molecule has 172 valence electrons. The van der Waals surface area contributed by atoms with E-state index in [0.717, 1.165) is 60.2 Å². The van der Waals surface area contributed by atoms with Crippen LogP contribution >= 0.6 is 0 Å². The highest BCUT2D eigenvalue weighted by Gasteiger charge is 2.47. The molecule has 2 aliphatic heterocycles. The van der Waals surface area contributed by atoms with E-state index in [2.05, 4.69) is 93.1 Å². The van der Waals surface area contributed by atoms with E-state index >= 15 is 0 Å². The molecule has 2 N–H and O–H groups in total. The maximum absolute atomic E-state index is 12.9. The van der Waals surface area contributed by atoms with Crippen molar-refractivity contribution in [2.24, 2.45) is 0 Å². The van der Waals surface area contributed by atoms with E-state index in [1.807, 2.05) is 12.3 Å². The quantitative estimate of drug-likeness (QED) is 0.377. The summed E-state index contributed by atoms with van der Waals surface area (Å²) in [6.07, 6.45) is 5.69. The standard InChI is InChI=1S/C30H26N4O/c35-29-30(10-13-31-14-11-30)25-17-22(6-8-27(25)33-29)23-5-4-21-9-15-34(28(21)18-23)19-20-3-7-26-24(16-20)2-1-12-32-26/h1-9,12,15-18,31H,10-11,13-14,19H2,(H,33,35). The highest BCUT2D eigenvalue weighted by molar-refractivity contribution is 6.07. The maximum atomic E-state index is 12.9. The minimum atomic E-state index is -0.397. The number of amides is 1. The van der Waals surface area contributed by atoms with Crippen LogP contribution in [0.3, 0.4) is 0 Å². The molecule has 0 atom stereocenters. The van der Waals surface area contributed by atoms with Gasteiger partial charge in [-0.15, -0.1) is 0 Å². The van der Waals surface area contributed by atoms with Crippen LogP contribution in [-0.2, 0) is 16.8 Å². The van der Waals surface area contributed by atoms with Gasteiger partial charge < -0.3 is 15.2 Å². The van der Waals surface area contributed by atoms with Gasteiger partial charge in [0.05, 0.1) is 10.9 Å². The first-order chi connectivity index (χ1) is 17.2. The van der Waals surface area contributed by atoms with Crippen molar-refractivity contribution >= 4 is 33.4 Å². The van der Waals surface area contributed by atoms with Gasteiger partial charge in [-0.05, 0) is 96.0 Å². The smallest absolute Gasteiger partial charge is 0.235 e. The van der Waals surface area contributed by atoms with Crippen LogP contribution in [0.5, 0.6) is 0 Å². The Morgan fingerprint density at radius 3 is 2.66 bits per heavy atom. The van der Waals surface area contributed by atoms with Crippen LogP contribution in [0.25, 0.3) is 32.9 Å². The number of piperidine rings is 1. The lowest BCUT2D eigenvalue weighted by atomic mass is 9.73. The number of fused-ring (bicyclic) bond motifs is 4. The molecule has 0 unspecified atom stereocenters. The Bertz CT molecular complexity index is 1610. The molecule has 0 radical (unpaired) electrons. The van der Waals surface area contributed by atoms with Gasteiger partial charge in [-0.1, -0.05) is 30.3 Å². The minimum Gasteiger partial charge on any atom is -0.343 e. The van der Waals surface area contributed by atoms with Crippen molar-refractivity contribution < 1.29 is 4.79 Å². The number of aromatic nitrogens is 2. The number of pyridine rings is 1. The number of hydrogen-bond acceptors (Lipinski definition) is 3. The van der Waals surface area contributed by atoms with Crippen molar-refractivity contribution in [2.45, 2.75) is 24.8 Å². The Morgan fingerprint density at radius 1 is 0.886 bits per heavy atom. The van der Waals surface area contributed by atoms with Crippen molar-refractivity contribution in [3.8, 4) is 11.1 Å². The SMILES string of the molecule is O=C1Nc2ccc(-c3ccc4ccn(Cc5ccc6ncccc6c5)c4c3)cc2C12CCNCC2. The fraction of sp³-hybridized carbons (Fsp3) is 0.200. The van der Waals surface area contributed by atoms with E-state index in [-0.39, 0.29) is 5.91 Å². The number of carbonyl (C=O) groups excluding carboxylic acids is 1. The predicted molar refractivity (Wildman–Crippen MR) is 141 cm³/mol. The number of benzene rings is 3. The van der Waals surface area contributed by atoms with Gasteiger partial charge in [-0.25, -0.2) is 0 Å².